The molecular formula is C17H27N3O3S. The Morgan fingerprint density at radius 2 is 1.79 bits per heavy atom. The third-order valence-corrected chi connectivity index (χ3v) is 5.99. The maximum atomic E-state index is 12.2. The van der Waals surface area contributed by atoms with Gasteiger partial charge in [0.2, 0.25) is 5.91 Å². The smallest absolute Gasteiger partial charge is 0.234 e. The van der Waals surface area contributed by atoms with Crippen LogP contribution in [-0.2, 0) is 14.6 Å². The molecule has 2 rings (SSSR count). The minimum absolute atomic E-state index is 0.0618. The molecule has 0 bridgehead atoms. The highest BCUT2D eigenvalue weighted by molar-refractivity contribution is 7.91. The zero-order valence-corrected chi connectivity index (χ0v) is 15.5. The van der Waals surface area contributed by atoms with Gasteiger partial charge in [0, 0.05) is 19.6 Å². The second-order valence-corrected chi connectivity index (χ2v) is 8.93. The number of carbonyl (C=O) groups is 1. The van der Waals surface area contributed by atoms with Crippen molar-refractivity contribution in [1.29, 1.82) is 0 Å². The van der Waals surface area contributed by atoms with Crippen molar-refractivity contribution in [1.82, 2.24) is 15.1 Å². The first kappa shape index (κ1) is 18.9. The summed E-state index contributed by atoms with van der Waals surface area (Å²) in [6.07, 6.45) is 0. The van der Waals surface area contributed by atoms with Gasteiger partial charge in [-0.05, 0) is 26.6 Å². The van der Waals surface area contributed by atoms with Crippen LogP contribution in [0.25, 0.3) is 0 Å². The van der Waals surface area contributed by atoms with E-state index < -0.39 is 9.84 Å². The van der Waals surface area contributed by atoms with E-state index in [2.05, 4.69) is 41.4 Å². The van der Waals surface area contributed by atoms with Gasteiger partial charge in [0.25, 0.3) is 0 Å². The van der Waals surface area contributed by atoms with Crippen LogP contribution in [0.1, 0.15) is 17.2 Å². The number of benzene rings is 1. The van der Waals surface area contributed by atoms with E-state index in [0.717, 1.165) is 5.56 Å². The molecule has 0 spiro atoms. The number of hydrogen-bond donors (Lipinski definition) is 1. The van der Waals surface area contributed by atoms with Crippen LogP contribution in [0.4, 0.5) is 0 Å². The lowest BCUT2D eigenvalue weighted by Gasteiger charge is -2.28. The van der Waals surface area contributed by atoms with Gasteiger partial charge in [-0.2, -0.15) is 0 Å². The van der Waals surface area contributed by atoms with Gasteiger partial charge >= 0.3 is 0 Å². The Balaban J connectivity index is 1.85. The summed E-state index contributed by atoms with van der Waals surface area (Å²) < 4.78 is 22.8. The average Bonchev–Trinajstić information content (AvgIpc) is 2.51. The molecule has 24 heavy (non-hydrogen) atoms. The fraction of sp³-hybridized carbons (Fsp3) is 0.588. The highest BCUT2D eigenvalue weighted by atomic mass is 32.2. The lowest BCUT2D eigenvalue weighted by molar-refractivity contribution is -0.122. The fourth-order valence-corrected chi connectivity index (χ4v) is 4.04. The molecule has 1 saturated heterocycles. The van der Waals surface area contributed by atoms with Crippen LogP contribution in [0.15, 0.2) is 24.3 Å². The molecule has 1 aromatic carbocycles. The third-order valence-electron chi connectivity index (χ3n) is 4.38. The van der Waals surface area contributed by atoms with Gasteiger partial charge < -0.3 is 10.2 Å². The van der Waals surface area contributed by atoms with Gasteiger partial charge in [-0.15, -0.1) is 0 Å². The van der Waals surface area contributed by atoms with Crippen molar-refractivity contribution in [3.8, 4) is 0 Å². The highest BCUT2D eigenvalue weighted by Crippen LogP contribution is 2.17. The van der Waals surface area contributed by atoms with E-state index in [1.54, 1.807) is 0 Å². The normalized spacial score (nSPS) is 19.2. The summed E-state index contributed by atoms with van der Waals surface area (Å²) in [5.41, 5.74) is 2.37. The molecule has 0 aliphatic carbocycles. The molecule has 6 nitrogen and oxygen atoms in total. The van der Waals surface area contributed by atoms with Crippen LogP contribution < -0.4 is 5.32 Å². The van der Waals surface area contributed by atoms with E-state index in [-0.39, 0.29) is 30.0 Å². The SMILES string of the molecule is Cc1ccc(C(CNC(=O)CN2CCS(=O)(=O)CC2)N(C)C)cc1. The zero-order valence-electron chi connectivity index (χ0n) is 14.7. The number of nitrogens with zero attached hydrogens (tertiary/aromatic N) is 2. The number of aryl methyl sites for hydroxylation is 1. The summed E-state index contributed by atoms with van der Waals surface area (Å²) in [4.78, 5) is 16.1. The molecule has 0 saturated carbocycles. The predicted molar refractivity (Wildman–Crippen MR) is 95.7 cm³/mol. The van der Waals surface area contributed by atoms with Crippen LogP contribution >= 0.6 is 0 Å². The molecule has 1 amide bonds. The fourth-order valence-electron chi connectivity index (χ4n) is 2.77. The van der Waals surface area contributed by atoms with Crippen LogP contribution in [0, 0.1) is 6.92 Å². The number of likely N-dealkylation sites (N-methyl/N-ethyl adjacent to an activating group) is 1. The zero-order chi connectivity index (χ0) is 17.7. The molecule has 1 aliphatic rings. The van der Waals surface area contributed by atoms with Gasteiger partial charge in [-0.25, -0.2) is 8.42 Å². The van der Waals surface area contributed by atoms with Crippen molar-refractivity contribution in [2.24, 2.45) is 0 Å². The van der Waals surface area contributed by atoms with Crippen LogP contribution in [0.3, 0.4) is 0 Å². The van der Waals surface area contributed by atoms with Crippen molar-refractivity contribution >= 4 is 15.7 Å². The molecule has 0 radical (unpaired) electrons. The average molecular weight is 353 g/mol. The minimum atomic E-state index is -2.91. The van der Waals surface area contributed by atoms with Gasteiger partial charge in [0.05, 0.1) is 24.1 Å². The van der Waals surface area contributed by atoms with Crippen molar-refractivity contribution in [2.75, 3.05) is 51.8 Å². The van der Waals surface area contributed by atoms with E-state index in [4.69, 9.17) is 0 Å². The van der Waals surface area contributed by atoms with E-state index in [0.29, 0.717) is 19.6 Å². The number of rotatable bonds is 6. The Labute approximate surface area is 144 Å². The molecule has 1 aromatic rings. The second kappa shape index (κ2) is 8.09. The Morgan fingerprint density at radius 3 is 2.33 bits per heavy atom. The third kappa shape index (κ3) is 5.58. The summed E-state index contributed by atoms with van der Waals surface area (Å²) >= 11 is 0. The van der Waals surface area contributed by atoms with Crippen molar-refractivity contribution < 1.29 is 13.2 Å². The maximum Gasteiger partial charge on any atom is 0.234 e. The summed E-state index contributed by atoms with van der Waals surface area (Å²) in [5, 5.41) is 2.97. The molecule has 1 atom stereocenters. The molecule has 1 unspecified atom stereocenters. The Morgan fingerprint density at radius 1 is 1.21 bits per heavy atom. The Bertz CT molecular complexity index is 642. The molecule has 1 aliphatic heterocycles. The number of carbonyl (C=O) groups excluding carboxylic acids is 1. The molecular weight excluding hydrogens is 326 g/mol. The minimum Gasteiger partial charge on any atom is -0.353 e. The molecule has 1 N–H and O–H groups in total. The lowest BCUT2D eigenvalue weighted by Crippen LogP contribution is -2.46. The molecule has 134 valence electrons. The molecule has 1 heterocycles. The van der Waals surface area contributed by atoms with Gasteiger partial charge in [-0.1, -0.05) is 29.8 Å². The summed E-state index contributed by atoms with van der Waals surface area (Å²) in [6, 6.07) is 8.42. The topological polar surface area (TPSA) is 69.7 Å². The molecule has 1 fully saturated rings. The Kier molecular flexibility index (Phi) is 6.37. The number of amides is 1. The number of sulfone groups is 1. The second-order valence-electron chi connectivity index (χ2n) is 6.62. The first-order chi connectivity index (χ1) is 11.3. The van der Waals surface area contributed by atoms with E-state index in [9.17, 15) is 13.2 Å². The molecule has 7 heteroatoms. The first-order valence-electron chi connectivity index (χ1n) is 8.19. The quantitative estimate of drug-likeness (QED) is 0.804. The molecule has 0 aromatic heterocycles. The standard InChI is InChI=1S/C17H27N3O3S/c1-14-4-6-15(7-5-14)16(19(2)3)12-18-17(21)13-20-8-10-24(22,23)11-9-20/h4-7,16H,8-13H2,1-3H3,(H,18,21). The maximum absolute atomic E-state index is 12.2. The van der Waals surface area contributed by atoms with E-state index >= 15 is 0 Å². The van der Waals surface area contributed by atoms with Crippen molar-refractivity contribution in [2.45, 2.75) is 13.0 Å². The number of nitrogens with one attached hydrogen (secondary N) is 1. The Hall–Kier alpha value is -1.44. The number of hydrogen-bond acceptors (Lipinski definition) is 5. The van der Waals surface area contributed by atoms with E-state index in [1.165, 1.54) is 5.56 Å². The van der Waals surface area contributed by atoms with Crippen molar-refractivity contribution in [3.05, 3.63) is 35.4 Å². The summed E-state index contributed by atoms with van der Waals surface area (Å²) in [6.45, 7) is 3.70. The van der Waals surface area contributed by atoms with Crippen LogP contribution in [0.5, 0.6) is 0 Å². The van der Waals surface area contributed by atoms with Gasteiger partial charge in [-0.3, -0.25) is 9.69 Å². The highest BCUT2D eigenvalue weighted by Gasteiger charge is 2.23. The van der Waals surface area contributed by atoms with Gasteiger partial charge in [0.1, 0.15) is 0 Å². The summed E-state index contributed by atoms with van der Waals surface area (Å²) in [7, 11) is 1.08. The monoisotopic (exact) mass is 353 g/mol. The largest absolute Gasteiger partial charge is 0.353 e. The van der Waals surface area contributed by atoms with E-state index in [1.807, 2.05) is 19.0 Å². The van der Waals surface area contributed by atoms with Crippen LogP contribution in [-0.4, -0.2) is 75.9 Å². The summed E-state index contributed by atoms with van der Waals surface area (Å²) in [5.74, 6) is 0.224. The predicted octanol–water partition coefficient (Wildman–Crippen LogP) is 0.444. The van der Waals surface area contributed by atoms with Crippen LogP contribution in [0.2, 0.25) is 0 Å². The van der Waals surface area contributed by atoms with Crippen molar-refractivity contribution in [3.63, 3.8) is 0 Å². The first-order valence-corrected chi connectivity index (χ1v) is 10.0. The lowest BCUT2D eigenvalue weighted by atomic mass is 10.0. The van der Waals surface area contributed by atoms with Gasteiger partial charge in [0.15, 0.2) is 9.84 Å².